The number of aliphatic carboxylic acids is 1. The Hall–Kier alpha value is -0.610. The molecular weight excluding hydrogens is 196 g/mol. The lowest BCUT2D eigenvalue weighted by molar-refractivity contribution is -0.161. The second-order valence-corrected chi connectivity index (χ2v) is 3.40. The Labute approximate surface area is 91.6 Å². The fourth-order valence-electron chi connectivity index (χ4n) is 1.48. The summed E-state index contributed by atoms with van der Waals surface area (Å²) in [5, 5.41) is 8.98. The van der Waals surface area contributed by atoms with Crippen LogP contribution in [0, 0.1) is 5.92 Å². The Balaban J connectivity index is 4.12. The van der Waals surface area contributed by atoms with E-state index < -0.39 is 5.97 Å². The van der Waals surface area contributed by atoms with Crippen molar-refractivity contribution < 1.29 is 19.4 Å². The highest BCUT2D eigenvalue weighted by Gasteiger charge is 2.22. The zero-order valence-corrected chi connectivity index (χ0v) is 9.86. The normalized spacial score (nSPS) is 13.1. The van der Waals surface area contributed by atoms with E-state index in [2.05, 4.69) is 0 Å². The molecule has 0 amide bonds. The number of hydrogen-bond acceptors (Lipinski definition) is 3. The molecule has 0 bridgehead atoms. The third-order valence-electron chi connectivity index (χ3n) is 2.17. The molecule has 90 valence electrons. The second-order valence-electron chi connectivity index (χ2n) is 3.40. The summed E-state index contributed by atoms with van der Waals surface area (Å²) >= 11 is 0. The fraction of sp³-hybridized carbons (Fsp3) is 0.909. The summed E-state index contributed by atoms with van der Waals surface area (Å²) < 4.78 is 10.6. The minimum absolute atomic E-state index is 0.363. The minimum Gasteiger partial charge on any atom is -0.481 e. The van der Waals surface area contributed by atoms with Gasteiger partial charge in [-0.2, -0.15) is 0 Å². The van der Waals surface area contributed by atoms with Crippen molar-refractivity contribution in [1.82, 2.24) is 0 Å². The Morgan fingerprint density at radius 3 is 2.07 bits per heavy atom. The van der Waals surface area contributed by atoms with Crippen molar-refractivity contribution in [2.75, 3.05) is 13.2 Å². The van der Waals surface area contributed by atoms with Gasteiger partial charge >= 0.3 is 5.97 Å². The Morgan fingerprint density at radius 1 is 1.20 bits per heavy atom. The van der Waals surface area contributed by atoms with E-state index in [0.29, 0.717) is 26.1 Å². The van der Waals surface area contributed by atoms with Crippen LogP contribution in [0.3, 0.4) is 0 Å². The molecule has 0 spiro atoms. The number of carboxylic acid groups (broad SMARTS) is 1. The third-order valence-corrected chi connectivity index (χ3v) is 2.17. The molecule has 1 N–H and O–H groups in total. The third kappa shape index (κ3) is 6.47. The van der Waals surface area contributed by atoms with Gasteiger partial charge in [-0.3, -0.25) is 4.79 Å². The van der Waals surface area contributed by atoms with Crippen LogP contribution in [0.2, 0.25) is 0 Å². The van der Waals surface area contributed by atoms with E-state index in [-0.39, 0.29) is 12.2 Å². The predicted molar refractivity (Wildman–Crippen MR) is 57.7 cm³/mol. The highest BCUT2D eigenvalue weighted by atomic mass is 16.7. The smallest absolute Gasteiger partial charge is 0.306 e. The van der Waals surface area contributed by atoms with Gasteiger partial charge in [0.25, 0.3) is 0 Å². The lowest BCUT2D eigenvalue weighted by Crippen LogP contribution is -2.25. The molecule has 0 rings (SSSR count). The maximum Gasteiger partial charge on any atom is 0.306 e. The van der Waals surface area contributed by atoms with Crippen LogP contribution in [-0.4, -0.2) is 30.6 Å². The molecule has 0 aromatic carbocycles. The highest BCUT2D eigenvalue weighted by molar-refractivity contribution is 5.69. The summed E-state index contributed by atoms with van der Waals surface area (Å²) in [6.45, 7) is 6.82. The van der Waals surface area contributed by atoms with Crippen LogP contribution in [0.1, 0.15) is 40.0 Å². The average molecular weight is 218 g/mol. The largest absolute Gasteiger partial charge is 0.481 e. The monoisotopic (exact) mass is 218 g/mol. The molecule has 4 nitrogen and oxygen atoms in total. The van der Waals surface area contributed by atoms with Crippen LogP contribution in [0.4, 0.5) is 0 Å². The van der Waals surface area contributed by atoms with Crippen molar-refractivity contribution >= 4 is 5.97 Å². The molecule has 4 heteroatoms. The molecule has 0 aliphatic carbocycles. The van der Waals surface area contributed by atoms with Gasteiger partial charge in [0.1, 0.15) is 0 Å². The van der Waals surface area contributed by atoms with Gasteiger partial charge in [0.05, 0.1) is 5.92 Å². The van der Waals surface area contributed by atoms with E-state index >= 15 is 0 Å². The quantitative estimate of drug-likeness (QED) is 0.603. The molecule has 15 heavy (non-hydrogen) atoms. The van der Waals surface area contributed by atoms with Crippen LogP contribution in [0.5, 0.6) is 0 Å². The summed E-state index contributed by atoms with van der Waals surface area (Å²) in [6.07, 6.45) is 1.59. The van der Waals surface area contributed by atoms with E-state index in [9.17, 15) is 4.79 Å². The molecule has 0 fully saturated rings. The topological polar surface area (TPSA) is 55.8 Å². The molecule has 0 saturated carbocycles. The van der Waals surface area contributed by atoms with E-state index in [1.54, 1.807) is 0 Å². The minimum atomic E-state index is -0.763. The number of rotatable bonds is 9. The zero-order valence-electron chi connectivity index (χ0n) is 9.86. The van der Waals surface area contributed by atoms with Crippen molar-refractivity contribution in [1.29, 1.82) is 0 Å². The molecule has 0 heterocycles. The maximum atomic E-state index is 10.9. The number of carbonyl (C=O) groups is 1. The summed E-state index contributed by atoms with van der Waals surface area (Å²) in [7, 11) is 0. The first-order chi connectivity index (χ1) is 7.15. The van der Waals surface area contributed by atoms with Crippen LogP contribution < -0.4 is 0 Å². The molecule has 0 unspecified atom stereocenters. The van der Waals surface area contributed by atoms with Gasteiger partial charge in [-0.05, 0) is 20.3 Å². The summed E-state index contributed by atoms with van der Waals surface area (Å²) in [5.74, 6) is -1.13. The number of hydrogen-bond donors (Lipinski definition) is 1. The van der Waals surface area contributed by atoms with Crippen molar-refractivity contribution in [2.24, 2.45) is 5.92 Å². The lowest BCUT2D eigenvalue weighted by Gasteiger charge is -2.20. The zero-order chi connectivity index (χ0) is 11.7. The standard InChI is InChI=1S/C11H22O4/c1-4-7-9(11(12)13)8-10(14-5-2)15-6-3/h9-10H,4-8H2,1-3H3,(H,12,13)/t9-/m0/s1. The molecule has 0 radical (unpaired) electrons. The lowest BCUT2D eigenvalue weighted by atomic mass is 10.00. The number of carboxylic acids is 1. The number of ether oxygens (including phenoxy) is 2. The van der Waals surface area contributed by atoms with Gasteiger partial charge in [-0.1, -0.05) is 13.3 Å². The molecule has 0 saturated heterocycles. The van der Waals surface area contributed by atoms with Crippen molar-refractivity contribution in [3.05, 3.63) is 0 Å². The molecule has 0 aliphatic heterocycles. The molecule has 1 atom stereocenters. The van der Waals surface area contributed by atoms with Crippen molar-refractivity contribution in [3.63, 3.8) is 0 Å². The van der Waals surface area contributed by atoms with Gasteiger partial charge in [-0.15, -0.1) is 0 Å². The Bertz CT molecular complexity index is 164. The van der Waals surface area contributed by atoms with Gasteiger partial charge in [0.15, 0.2) is 6.29 Å². The van der Waals surface area contributed by atoms with E-state index in [1.165, 1.54) is 0 Å². The first kappa shape index (κ1) is 14.4. The van der Waals surface area contributed by atoms with E-state index in [1.807, 2.05) is 20.8 Å². The maximum absolute atomic E-state index is 10.9. The first-order valence-corrected chi connectivity index (χ1v) is 5.61. The fourth-order valence-corrected chi connectivity index (χ4v) is 1.48. The Kier molecular flexibility index (Phi) is 8.33. The molecule has 0 aromatic heterocycles. The van der Waals surface area contributed by atoms with Crippen molar-refractivity contribution in [2.45, 2.75) is 46.3 Å². The van der Waals surface area contributed by atoms with Crippen LogP contribution >= 0.6 is 0 Å². The van der Waals surface area contributed by atoms with Crippen molar-refractivity contribution in [3.8, 4) is 0 Å². The van der Waals surface area contributed by atoms with Gasteiger partial charge in [0, 0.05) is 19.6 Å². The van der Waals surface area contributed by atoms with Crippen LogP contribution in [-0.2, 0) is 14.3 Å². The average Bonchev–Trinajstić information content (AvgIpc) is 2.17. The van der Waals surface area contributed by atoms with Gasteiger partial charge in [-0.25, -0.2) is 0 Å². The predicted octanol–water partition coefficient (Wildman–Crippen LogP) is 2.28. The highest BCUT2D eigenvalue weighted by Crippen LogP contribution is 2.16. The SMILES string of the molecule is CCC[C@@H](CC(OCC)OCC)C(=O)O. The Morgan fingerprint density at radius 2 is 1.73 bits per heavy atom. The van der Waals surface area contributed by atoms with Gasteiger partial charge < -0.3 is 14.6 Å². The summed E-state index contributed by atoms with van der Waals surface area (Å²) in [4.78, 5) is 10.9. The van der Waals surface area contributed by atoms with E-state index in [0.717, 1.165) is 6.42 Å². The molecule has 0 aliphatic rings. The first-order valence-electron chi connectivity index (χ1n) is 5.61. The molecule has 0 aromatic rings. The molecular formula is C11H22O4. The van der Waals surface area contributed by atoms with Crippen LogP contribution in [0.25, 0.3) is 0 Å². The second kappa shape index (κ2) is 8.68. The summed E-state index contributed by atoms with van der Waals surface area (Å²) in [6, 6.07) is 0. The van der Waals surface area contributed by atoms with E-state index in [4.69, 9.17) is 14.6 Å². The van der Waals surface area contributed by atoms with Gasteiger partial charge in [0.2, 0.25) is 0 Å². The summed E-state index contributed by atoms with van der Waals surface area (Å²) in [5.41, 5.74) is 0. The van der Waals surface area contributed by atoms with Crippen LogP contribution in [0.15, 0.2) is 0 Å².